The lowest BCUT2D eigenvalue weighted by atomic mass is 10.2. The molecule has 0 aliphatic rings. The zero-order valence-electron chi connectivity index (χ0n) is 13.2. The molecular formula is C18H17ClN4O. The van der Waals surface area contributed by atoms with Crippen LogP contribution in [0.3, 0.4) is 0 Å². The third kappa shape index (κ3) is 3.58. The van der Waals surface area contributed by atoms with Gasteiger partial charge in [0.2, 0.25) is 0 Å². The molecule has 0 atom stereocenters. The molecule has 0 aliphatic carbocycles. The van der Waals surface area contributed by atoms with E-state index in [0.29, 0.717) is 17.1 Å². The molecule has 122 valence electrons. The molecule has 1 heterocycles. The summed E-state index contributed by atoms with van der Waals surface area (Å²) in [5.74, 6) is -0.198. The molecule has 0 saturated heterocycles. The molecule has 0 spiro atoms. The highest BCUT2D eigenvalue weighted by atomic mass is 35.5. The van der Waals surface area contributed by atoms with Gasteiger partial charge in [0.25, 0.3) is 5.91 Å². The second kappa shape index (κ2) is 7.19. The molecule has 0 fully saturated rings. The van der Waals surface area contributed by atoms with Crippen molar-refractivity contribution in [2.45, 2.75) is 6.54 Å². The van der Waals surface area contributed by atoms with Crippen LogP contribution in [0.5, 0.6) is 0 Å². The Labute approximate surface area is 145 Å². The van der Waals surface area contributed by atoms with E-state index in [9.17, 15) is 4.79 Å². The Hall–Kier alpha value is -2.79. The van der Waals surface area contributed by atoms with Gasteiger partial charge in [-0.2, -0.15) is 5.10 Å². The van der Waals surface area contributed by atoms with E-state index < -0.39 is 0 Å². The summed E-state index contributed by atoms with van der Waals surface area (Å²) in [4.78, 5) is 11.6. The van der Waals surface area contributed by atoms with E-state index in [2.05, 4.69) is 15.7 Å². The molecular weight excluding hydrogens is 324 g/mol. The van der Waals surface area contributed by atoms with Gasteiger partial charge in [-0.25, -0.2) is 4.68 Å². The number of nitrogens with one attached hydrogen (secondary N) is 2. The Balaban J connectivity index is 1.67. The number of anilines is 1. The molecule has 0 aliphatic heterocycles. The molecule has 0 saturated carbocycles. The second-order valence-corrected chi connectivity index (χ2v) is 5.66. The summed E-state index contributed by atoms with van der Waals surface area (Å²) in [5, 5.41) is 10.6. The first-order chi connectivity index (χ1) is 11.7. The summed E-state index contributed by atoms with van der Waals surface area (Å²) in [5.41, 5.74) is 3.37. The van der Waals surface area contributed by atoms with Gasteiger partial charge in [0, 0.05) is 31.0 Å². The van der Waals surface area contributed by atoms with Gasteiger partial charge >= 0.3 is 0 Å². The molecule has 0 radical (unpaired) electrons. The zero-order valence-corrected chi connectivity index (χ0v) is 13.9. The summed E-state index contributed by atoms with van der Waals surface area (Å²) >= 11 is 6.15. The van der Waals surface area contributed by atoms with E-state index >= 15 is 0 Å². The first kappa shape index (κ1) is 16.1. The van der Waals surface area contributed by atoms with Gasteiger partial charge in [0.15, 0.2) is 0 Å². The van der Waals surface area contributed by atoms with Gasteiger partial charge in [-0.3, -0.25) is 4.79 Å². The highest BCUT2D eigenvalue weighted by Crippen LogP contribution is 2.21. The first-order valence-electron chi connectivity index (χ1n) is 7.52. The van der Waals surface area contributed by atoms with Gasteiger partial charge in [0.05, 0.1) is 22.5 Å². The van der Waals surface area contributed by atoms with Crippen molar-refractivity contribution in [3.05, 3.63) is 77.1 Å². The summed E-state index contributed by atoms with van der Waals surface area (Å²) in [6.45, 7) is 0.614. The number of carbonyl (C=O) groups excluding carboxylic acids is 1. The fourth-order valence-electron chi connectivity index (χ4n) is 2.32. The van der Waals surface area contributed by atoms with E-state index in [4.69, 9.17) is 11.6 Å². The topological polar surface area (TPSA) is 59.0 Å². The van der Waals surface area contributed by atoms with Crippen LogP contribution in [0.15, 0.2) is 60.9 Å². The van der Waals surface area contributed by atoms with Crippen molar-refractivity contribution in [3.63, 3.8) is 0 Å². The van der Waals surface area contributed by atoms with Crippen LogP contribution in [0.25, 0.3) is 5.69 Å². The second-order valence-electron chi connectivity index (χ2n) is 5.26. The van der Waals surface area contributed by atoms with E-state index in [0.717, 1.165) is 16.9 Å². The molecule has 1 aromatic heterocycles. The third-order valence-corrected chi connectivity index (χ3v) is 3.91. The molecule has 2 aromatic carbocycles. The molecule has 3 aromatic rings. The van der Waals surface area contributed by atoms with Crippen molar-refractivity contribution < 1.29 is 4.79 Å². The number of carbonyl (C=O) groups is 1. The van der Waals surface area contributed by atoms with Crippen LogP contribution >= 0.6 is 11.6 Å². The number of nitrogens with zero attached hydrogens (tertiary/aromatic N) is 2. The average molecular weight is 341 g/mol. The highest BCUT2D eigenvalue weighted by Gasteiger charge is 2.09. The third-order valence-electron chi connectivity index (χ3n) is 3.59. The van der Waals surface area contributed by atoms with E-state index in [1.165, 1.54) is 0 Å². The van der Waals surface area contributed by atoms with Crippen molar-refractivity contribution in [1.82, 2.24) is 15.1 Å². The van der Waals surface area contributed by atoms with Gasteiger partial charge in [-0.1, -0.05) is 29.8 Å². The fraction of sp³-hybridized carbons (Fsp3) is 0.111. The molecule has 0 unspecified atom stereocenters. The normalized spacial score (nSPS) is 10.4. The molecule has 3 rings (SSSR count). The van der Waals surface area contributed by atoms with Gasteiger partial charge in [0.1, 0.15) is 0 Å². The molecule has 1 amide bonds. The number of benzene rings is 2. The molecule has 24 heavy (non-hydrogen) atoms. The van der Waals surface area contributed by atoms with Crippen molar-refractivity contribution >= 4 is 23.2 Å². The van der Waals surface area contributed by atoms with Crippen LogP contribution in [0.2, 0.25) is 5.02 Å². The molecule has 6 heteroatoms. The smallest absolute Gasteiger partial charge is 0.252 e. The number of amides is 1. The minimum atomic E-state index is -0.198. The van der Waals surface area contributed by atoms with Crippen LogP contribution in [-0.4, -0.2) is 22.7 Å². The predicted molar refractivity (Wildman–Crippen MR) is 95.7 cm³/mol. The van der Waals surface area contributed by atoms with Crippen molar-refractivity contribution in [2.75, 3.05) is 12.4 Å². The Morgan fingerprint density at radius 3 is 2.71 bits per heavy atom. The lowest BCUT2D eigenvalue weighted by molar-refractivity contribution is 0.0963. The Morgan fingerprint density at radius 1 is 1.21 bits per heavy atom. The van der Waals surface area contributed by atoms with Gasteiger partial charge in [-0.15, -0.1) is 0 Å². The zero-order chi connectivity index (χ0) is 16.9. The Kier molecular flexibility index (Phi) is 4.82. The Morgan fingerprint density at radius 2 is 2.00 bits per heavy atom. The van der Waals surface area contributed by atoms with Crippen molar-refractivity contribution in [2.24, 2.45) is 0 Å². The van der Waals surface area contributed by atoms with Crippen molar-refractivity contribution in [1.29, 1.82) is 0 Å². The van der Waals surface area contributed by atoms with E-state index in [-0.39, 0.29) is 5.91 Å². The lowest BCUT2D eigenvalue weighted by Crippen LogP contribution is -2.18. The number of para-hydroxylation sites is 1. The van der Waals surface area contributed by atoms with Crippen LogP contribution in [-0.2, 0) is 6.54 Å². The molecule has 0 bridgehead atoms. The van der Waals surface area contributed by atoms with E-state index in [1.807, 2.05) is 53.5 Å². The minimum Gasteiger partial charge on any atom is -0.381 e. The fourth-order valence-corrected chi connectivity index (χ4v) is 2.59. The average Bonchev–Trinajstić information content (AvgIpc) is 3.09. The summed E-state index contributed by atoms with van der Waals surface area (Å²) in [7, 11) is 1.58. The number of hydrogen-bond acceptors (Lipinski definition) is 3. The highest BCUT2D eigenvalue weighted by molar-refractivity contribution is 6.34. The number of halogens is 1. The van der Waals surface area contributed by atoms with Crippen LogP contribution in [0, 0.1) is 0 Å². The summed E-state index contributed by atoms with van der Waals surface area (Å²) in [6, 6.07) is 15.2. The quantitative estimate of drug-likeness (QED) is 0.747. The number of rotatable bonds is 5. The molecule has 2 N–H and O–H groups in total. The SMILES string of the molecule is CNC(=O)c1ccc(NCc2cnn(-c3ccccc3)c2)cc1Cl. The number of hydrogen-bond donors (Lipinski definition) is 2. The van der Waals surface area contributed by atoms with Crippen LogP contribution in [0.4, 0.5) is 5.69 Å². The standard InChI is InChI=1S/C18H17ClN4O/c1-20-18(24)16-8-7-14(9-17(16)19)21-10-13-11-22-23(12-13)15-5-3-2-4-6-15/h2-9,11-12,21H,10H2,1H3,(H,20,24). The monoisotopic (exact) mass is 340 g/mol. The number of aromatic nitrogens is 2. The predicted octanol–water partition coefficient (Wildman–Crippen LogP) is 3.50. The van der Waals surface area contributed by atoms with Crippen LogP contribution in [0.1, 0.15) is 15.9 Å². The summed E-state index contributed by atoms with van der Waals surface area (Å²) in [6.07, 6.45) is 3.79. The maximum absolute atomic E-state index is 11.6. The first-order valence-corrected chi connectivity index (χ1v) is 7.89. The van der Waals surface area contributed by atoms with Crippen LogP contribution < -0.4 is 10.6 Å². The maximum Gasteiger partial charge on any atom is 0.252 e. The lowest BCUT2D eigenvalue weighted by Gasteiger charge is -2.08. The van der Waals surface area contributed by atoms with E-state index in [1.54, 1.807) is 19.2 Å². The summed E-state index contributed by atoms with van der Waals surface area (Å²) < 4.78 is 1.83. The Bertz CT molecular complexity index is 845. The van der Waals surface area contributed by atoms with Crippen molar-refractivity contribution in [3.8, 4) is 5.69 Å². The van der Waals surface area contributed by atoms with Gasteiger partial charge in [-0.05, 0) is 30.3 Å². The minimum absolute atomic E-state index is 0.198. The van der Waals surface area contributed by atoms with Gasteiger partial charge < -0.3 is 10.6 Å². The molecule has 5 nitrogen and oxygen atoms in total. The largest absolute Gasteiger partial charge is 0.381 e. The maximum atomic E-state index is 11.6.